The quantitative estimate of drug-likeness (QED) is 0.400. The van der Waals surface area contributed by atoms with Crippen molar-refractivity contribution in [2.24, 2.45) is 0 Å². The van der Waals surface area contributed by atoms with E-state index in [1.54, 1.807) is 17.0 Å². The molecule has 2 atom stereocenters. The van der Waals surface area contributed by atoms with E-state index in [0.717, 1.165) is 11.3 Å². The SMILES string of the molecule is CCC(C)N(C(=O)Nc1ccc2c(c1)[N+](OC(=O)C(F)(F)F)(c1cscn1)CN2)c1ccccc1. The summed E-state index contributed by atoms with van der Waals surface area (Å²) in [7, 11) is 0. The molecule has 4 rings (SSSR count). The molecule has 2 amide bonds. The van der Waals surface area contributed by atoms with Gasteiger partial charge in [0, 0.05) is 23.5 Å². The Hall–Kier alpha value is -3.64. The highest BCUT2D eigenvalue weighted by molar-refractivity contribution is 7.07. The third-order valence-electron chi connectivity index (χ3n) is 5.67. The lowest BCUT2D eigenvalue weighted by Gasteiger charge is -2.29. The molecule has 12 heteroatoms. The Labute approximate surface area is 203 Å². The van der Waals surface area contributed by atoms with Crippen molar-refractivity contribution in [2.75, 3.05) is 22.2 Å². The average molecular weight is 507 g/mol. The average Bonchev–Trinajstić information content (AvgIpc) is 3.49. The van der Waals surface area contributed by atoms with E-state index >= 15 is 0 Å². The molecule has 0 aliphatic carbocycles. The fourth-order valence-corrected chi connectivity index (χ4v) is 4.36. The van der Waals surface area contributed by atoms with Crippen LogP contribution in [-0.4, -0.2) is 35.9 Å². The number of thiazole rings is 1. The number of carbonyl (C=O) groups excluding carboxylic acids is 2. The van der Waals surface area contributed by atoms with Crippen molar-refractivity contribution in [2.45, 2.75) is 32.5 Å². The summed E-state index contributed by atoms with van der Waals surface area (Å²) in [5.41, 5.74) is 3.12. The summed E-state index contributed by atoms with van der Waals surface area (Å²) < 4.78 is 38.4. The van der Waals surface area contributed by atoms with Gasteiger partial charge in [0.25, 0.3) is 5.82 Å². The van der Waals surface area contributed by atoms with E-state index in [-0.39, 0.29) is 24.2 Å². The van der Waals surface area contributed by atoms with Gasteiger partial charge in [-0.2, -0.15) is 18.2 Å². The molecule has 184 valence electrons. The van der Waals surface area contributed by atoms with Gasteiger partial charge in [0.15, 0.2) is 0 Å². The number of rotatable bonds is 6. The lowest BCUT2D eigenvalue weighted by Crippen LogP contribution is -2.48. The molecule has 2 unspecified atom stereocenters. The smallest absolute Gasteiger partial charge is 0.330 e. The van der Waals surface area contributed by atoms with Crippen molar-refractivity contribution in [1.82, 2.24) is 9.63 Å². The van der Waals surface area contributed by atoms with Crippen LogP contribution in [0.3, 0.4) is 0 Å². The molecule has 35 heavy (non-hydrogen) atoms. The second-order valence-electron chi connectivity index (χ2n) is 7.92. The first-order chi connectivity index (χ1) is 16.7. The lowest BCUT2D eigenvalue weighted by atomic mass is 10.2. The zero-order valence-corrected chi connectivity index (χ0v) is 19.7. The van der Waals surface area contributed by atoms with Crippen molar-refractivity contribution in [3.8, 4) is 0 Å². The molecule has 0 bridgehead atoms. The number of carbonyl (C=O) groups is 2. The van der Waals surface area contributed by atoms with Crippen LogP contribution in [0.25, 0.3) is 0 Å². The number of anilines is 3. The Kier molecular flexibility index (Phi) is 6.68. The van der Waals surface area contributed by atoms with Crippen LogP contribution >= 0.6 is 11.3 Å². The van der Waals surface area contributed by atoms with Gasteiger partial charge in [0.1, 0.15) is 5.69 Å². The molecule has 1 aliphatic heterocycles. The van der Waals surface area contributed by atoms with Crippen molar-refractivity contribution < 1.29 is 27.6 Å². The van der Waals surface area contributed by atoms with Crippen molar-refractivity contribution in [1.29, 1.82) is 0 Å². The van der Waals surface area contributed by atoms with Crippen molar-refractivity contribution in [3.63, 3.8) is 0 Å². The first-order valence-electron chi connectivity index (χ1n) is 10.8. The first kappa shape index (κ1) is 24.5. The topological polar surface area (TPSA) is 83.6 Å². The summed E-state index contributed by atoms with van der Waals surface area (Å²) in [4.78, 5) is 35.8. The molecule has 1 aromatic heterocycles. The van der Waals surface area contributed by atoms with Gasteiger partial charge in [-0.25, -0.2) is 9.59 Å². The number of amides is 2. The van der Waals surface area contributed by atoms with Crippen LogP contribution in [0.15, 0.2) is 59.4 Å². The third kappa shape index (κ3) is 4.80. The van der Waals surface area contributed by atoms with Gasteiger partial charge >= 0.3 is 18.2 Å². The molecule has 0 saturated heterocycles. The number of hydroxylamine groups is 1. The lowest BCUT2D eigenvalue weighted by molar-refractivity contribution is -0.224. The van der Waals surface area contributed by atoms with Gasteiger partial charge in [-0.3, -0.25) is 9.74 Å². The molecular formula is C23H23F3N5O3S+. The van der Waals surface area contributed by atoms with Crippen molar-refractivity contribution in [3.05, 3.63) is 59.4 Å². The summed E-state index contributed by atoms with van der Waals surface area (Å²) >= 11 is 1.15. The Balaban J connectivity index is 1.69. The molecule has 1 aliphatic rings. The fraction of sp³-hybridized carbons (Fsp3) is 0.261. The number of urea groups is 1. The minimum atomic E-state index is -5.19. The highest BCUT2D eigenvalue weighted by Gasteiger charge is 2.54. The Morgan fingerprint density at radius 1 is 1.26 bits per heavy atom. The van der Waals surface area contributed by atoms with Gasteiger partial charge < -0.3 is 10.6 Å². The number of quaternary nitrogens is 1. The number of benzene rings is 2. The minimum Gasteiger partial charge on any atom is -0.330 e. The van der Waals surface area contributed by atoms with Crippen LogP contribution in [0, 0.1) is 0 Å². The number of nitrogens with one attached hydrogen (secondary N) is 2. The fourth-order valence-electron chi connectivity index (χ4n) is 3.78. The van der Waals surface area contributed by atoms with Crippen LogP contribution < -0.4 is 20.2 Å². The van der Waals surface area contributed by atoms with Gasteiger partial charge in [-0.1, -0.05) is 25.1 Å². The highest BCUT2D eigenvalue weighted by atomic mass is 32.1. The van der Waals surface area contributed by atoms with E-state index in [2.05, 4.69) is 15.6 Å². The van der Waals surface area contributed by atoms with Gasteiger partial charge in [-0.05, 0) is 42.3 Å². The molecule has 8 nitrogen and oxygen atoms in total. The van der Waals surface area contributed by atoms with Gasteiger partial charge in [0.2, 0.25) is 12.4 Å². The Morgan fingerprint density at radius 3 is 2.63 bits per heavy atom. The van der Waals surface area contributed by atoms with E-state index < -0.39 is 22.8 Å². The van der Waals surface area contributed by atoms with Gasteiger partial charge in [-0.15, -0.1) is 11.3 Å². The summed E-state index contributed by atoms with van der Waals surface area (Å²) in [5, 5.41) is 7.29. The predicted octanol–water partition coefficient (Wildman–Crippen LogP) is 6.02. The number of hydrogen-bond acceptors (Lipinski definition) is 6. The first-order valence-corrected chi connectivity index (χ1v) is 11.7. The molecule has 3 aromatic rings. The third-order valence-corrected chi connectivity index (χ3v) is 6.25. The maximum Gasteiger partial charge on any atom is 0.497 e. The number of para-hydroxylation sites is 1. The highest BCUT2D eigenvalue weighted by Crippen LogP contribution is 2.46. The van der Waals surface area contributed by atoms with Gasteiger partial charge in [0.05, 0.1) is 10.9 Å². The number of fused-ring (bicyclic) bond motifs is 1. The zero-order chi connectivity index (χ0) is 25.2. The standard InChI is InChI=1S/C23H22F3N5O3S/c1-3-15(2)30(17-7-5-4-6-8-17)22(33)29-16-9-10-18-19(11-16)31(13-27-18,20-12-35-14-28-20)34-21(32)23(24,25)26/h4-12,14-15,27H,3,13H2,1-2H3/p+1. The molecule has 2 aromatic carbocycles. The second kappa shape index (κ2) is 9.55. The van der Waals surface area contributed by atoms with Crippen molar-refractivity contribution >= 4 is 51.9 Å². The Morgan fingerprint density at radius 2 is 2.00 bits per heavy atom. The van der Waals surface area contributed by atoms with E-state index in [1.807, 2.05) is 44.2 Å². The molecule has 2 heterocycles. The number of aromatic nitrogens is 1. The molecule has 0 fully saturated rings. The van der Waals surface area contributed by atoms with E-state index in [9.17, 15) is 22.8 Å². The van der Waals surface area contributed by atoms with E-state index in [1.165, 1.54) is 17.0 Å². The molecule has 0 spiro atoms. The number of halogens is 3. The summed E-state index contributed by atoms with van der Waals surface area (Å²) in [5.74, 6) is -2.24. The summed E-state index contributed by atoms with van der Waals surface area (Å²) in [6, 6.07) is 13.3. The summed E-state index contributed by atoms with van der Waals surface area (Å²) in [6.45, 7) is 3.69. The number of alkyl halides is 3. The number of hydrogen-bond donors (Lipinski definition) is 2. The Bertz CT molecular complexity index is 1210. The van der Waals surface area contributed by atoms with Crippen LogP contribution in [0.2, 0.25) is 0 Å². The largest absolute Gasteiger partial charge is 0.497 e. The van der Waals surface area contributed by atoms with Crippen LogP contribution in [0.5, 0.6) is 0 Å². The molecule has 0 radical (unpaired) electrons. The molecule has 2 N–H and O–H groups in total. The maximum atomic E-state index is 13.3. The predicted molar refractivity (Wildman–Crippen MR) is 128 cm³/mol. The zero-order valence-electron chi connectivity index (χ0n) is 18.9. The summed E-state index contributed by atoms with van der Waals surface area (Å²) in [6.07, 6.45) is -4.49. The van der Waals surface area contributed by atoms with Crippen LogP contribution in [0.1, 0.15) is 20.3 Å². The van der Waals surface area contributed by atoms with Crippen LogP contribution in [-0.2, 0) is 9.63 Å². The molecule has 0 saturated carbocycles. The van der Waals surface area contributed by atoms with E-state index in [4.69, 9.17) is 4.84 Å². The monoisotopic (exact) mass is 506 g/mol. The normalized spacial score (nSPS) is 17.7. The van der Waals surface area contributed by atoms with E-state index in [0.29, 0.717) is 23.5 Å². The molecular weight excluding hydrogens is 483 g/mol. The van der Waals surface area contributed by atoms with Crippen LogP contribution in [0.4, 0.5) is 46.5 Å². The number of nitrogens with zero attached hydrogens (tertiary/aromatic N) is 3. The minimum absolute atomic E-state index is 0.104. The maximum absolute atomic E-state index is 13.3. The second-order valence-corrected chi connectivity index (χ2v) is 8.64.